The number of carbonyl (C=O) groups is 2. The van der Waals surface area contributed by atoms with E-state index in [2.05, 4.69) is 5.32 Å². The summed E-state index contributed by atoms with van der Waals surface area (Å²) in [5.74, 6) is 0.741. The smallest absolute Gasteiger partial charge is 0.271 e. The number of fused-ring (bicyclic) bond motifs is 3. The Bertz CT molecular complexity index is 1010. The second-order valence-electron chi connectivity index (χ2n) is 10.1. The molecule has 0 saturated heterocycles. The van der Waals surface area contributed by atoms with Crippen LogP contribution in [0.5, 0.6) is 5.75 Å². The van der Waals surface area contributed by atoms with E-state index in [-0.39, 0.29) is 23.9 Å². The first-order valence-electron chi connectivity index (χ1n) is 12.3. The Hall–Kier alpha value is -2.50. The lowest BCUT2D eigenvalue weighted by Crippen LogP contribution is -2.67. The van der Waals surface area contributed by atoms with E-state index in [0.29, 0.717) is 12.2 Å². The van der Waals surface area contributed by atoms with Gasteiger partial charge in [-0.05, 0) is 50.8 Å². The molecular weight excluding hydrogens is 402 g/mol. The molecule has 5 rings (SSSR count). The van der Waals surface area contributed by atoms with Gasteiger partial charge in [0.05, 0.1) is 19.2 Å². The second-order valence-corrected chi connectivity index (χ2v) is 10.1. The zero-order valence-electron chi connectivity index (χ0n) is 19.4. The highest BCUT2D eigenvalue weighted by atomic mass is 16.5. The molecule has 2 amide bonds. The number of methoxy groups -OCH3 is 1. The summed E-state index contributed by atoms with van der Waals surface area (Å²) in [6.45, 7) is 2.45. The fraction of sp³-hybridized carbons (Fsp3) is 0.615. The summed E-state index contributed by atoms with van der Waals surface area (Å²) in [5, 5.41) is 4.37. The fourth-order valence-electron chi connectivity index (χ4n) is 6.12. The van der Waals surface area contributed by atoms with Crippen LogP contribution < -0.4 is 10.1 Å². The standard InChI is InChI=1S/C26H35N3O3/c1-26(25(31)27-19-9-5-3-4-6-10-19)17-28-22-16-21(32-2)14-13-18(22)15-23(28)24(30)29(26)20-11-7-8-12-20/h13-16,19-20H,3-12,17H2,1-2H3,(H,27,31)/t26-/m0/s1. The number of nitrogens with zero attached hydrogens (tertiary/aromatic N) is 2. The minimum Gasteiger partial charge on any atom is -0.497 e. The highest BCUT2D eigenvalue weighted by Gasteiger charge is 2.51. The molecule has 1 aromatic carbocycles. The van der Waals surface area contributed by atoms with Crippen LogP contribution in [0.15, 0.2) is 24.3 Å². The number of ether oxygens (including phenoxy) is 1. The summed E-state index contributed by atoms with van der Waals surface area (Å²) in [7, 11) is 1.65. The molecule has 1 aliphatic heterocycles. The number of rotatable bonds is 4. The van der Waals surface area contributed by atoms with Gasteiger partial charge in [-0.25, -0.2) is 0 Å². The van der Waals surface area contributed by atoms with Crippen molar-refractivity contribution in [2.45, 2.75) is 95.3 Å². The maximum atomic E-state index is 13.9. The zero-order chi connectivity index (χ0) is 22.3. The first-order valence-corrected chi connectivity index (χ1v) is 12.3. The van der Waals surface area contributed by atoms with Gasteiger partial charge in [-0.2, -0.15) is 0 Å². The van der Waals surface area contributed by atoms with Crippen molar-refractivity contribution in [3.63, 3.8) is 0 Å². The minimum absolute atomic E-state index is 0.0000427. The van der Waals surface area contributed by atoms with E-state index in [9.17, 15) is 9.59 Å². The average molecular weight is 438 g/mol. The van der Waals surface area contributed by atoms with Crippen molar-refractivity contribution in [2.24, 2.45) is 0 Å². The summed E-state index contributed by atoms with van der Waals surface area (Å²) in [6.07, 6.45) is 11.1. The summed E-state index contributed by atoms with van der Waals surface area (Å²) in [6, 6.07) is 8.21. The van der Waals surface area contributed by atoms with Crippen molar-refractivity contribution in [3.05, 3.63) is 30.0 Å². The summed E-state index contributed by atoms with van der Waals surface area (Å²) >= 11 is 0. The van der Waals surface area contributed by atoms with Crippen molar-refractivity contribution in [2.75, 3.05) is 7.11 Å². The quantitative estimate of drug-likeness (QED) is 0.709. The van der Waals surface area contributed by atoms with Gasteiger partial charge in [0, 0.05) is 23.5 Å². The Morgan fingerprint density at radius 1 is 1.03 bits per heavy atom. The molecule has 1 N–H and O–H groups in total. The third-order valence-corrected chi connectivity index (χ3v) is 7.92. The molecule has 1 aromatic heterocycles. The SMILES string of the molecule is COc1ccc2cc3n(c2c1)C[C@@](C)(C(=O)NC1CCCCCC1)N(C1CCCC1)C3=O. The Labute approximate surface area is 190 Å². The first-order chi connectivity index (χ1) is 15.5. The van der Waals surface area contributed by atoms with Crippen LogP contribution in [0.3, 0.4) is 0 Å². The molecule has 2 heterocycles. The lowest BCUT2D eigenvalue weighted by atomic mass is 9.91. The van der Waals surface area contributed by atoms with E-state index in [0.717, 1.165) is 55.2 Å². The number of carbonyl (C=O) groups excluding carboxylic acids is 2. The van der Waals surface area contributed by atoms with E-state index in [1.54, 1.807) is 7.11 Å². The second kappa shape index (κ2) is 8.45. The molecule has 0 spiro atoms. The molecule has 0 bridgehead atoms. The van der Waals surface area contributed by atoms with Crippen molar-refractivity contribution >= 4 is 22.7 Å². The van der Waals surface area contributed by atoms with Gasteiger partial charge in [-0.3, -0.25) is 9.59 Å². The Morgan fingerprint density at radius 3 is 2.41 bits per heavy atom. The number of amides is 2. The van der Waals surface area contributed by atoms with Gasteiger partial charge in [0.15, 0.2) is 0 Å². The van der Waals surface area contributed by atoms with Gasteiger partial charge in [0.2, 0.25) is 5.91 Å². The first kappa shape index (κ1) is 21.4. The monoisotopic (exact) mass is 437 g/mol. The Kier molecular flexibility index (Phi) is 5.64. The average Bonchev–Trinajstić information content (AvgIpc) is 3.36. The lowest BCUT2D eigenvalue weighted by molar-refractivity contribution is -0.135. The van der Waals surface area contributed by atoms with Crippen LogP contribution in [0, 0.1) is 0 Å². The van der Waals surface area contributed by atoms with Crippen LogP contribution in [0.25, 0.3) is 10.9 Å². The predicted octanol–water partition coefficient (Wildman–Crippen LogP) is 4.65. The molecule has 0 radical (unpaired) electrons. The van der Waals surface area contributed by atoms with Crippen LogP contribution in [-0.4, -0.2) is 46.0 Å². The fourth-order valence-corrected chi connectivity index (χ4v) is 6.12. The van der Waals surface area contributed by atoms with E-state index in [4.69, 9.17) is 4.74 Å². The molecule has 1 atom stereocenters. The van der Waals surface area contributed by atoms with Gasteiger partial charge in [0.1, 0.15) is 17.0 Å². The summed E-state index contributed by atoms with van der Waals surface area (Å²) in [4.78, 5) is 29.7. The minimum atomic E-state index is -0.902. The van der Waals surface area contributed by atoms with Crippen LogP contribution >= 0.6 is 0 Å². The third-order valence-electron chi connectivity index (χ3n) is 7.92. The molecule has 172 valence electrons. The van der Waals surface area contributed by atoms with E-state index < -0.39 is 5.54 Å². The summed E-state index contributed by atoms with van der Waals surface area (Å²) < 4.78 is 7.48. The van der Waals surface area contributed by atoms with Crippen molar-refractivity contribution in [1.29, 1.82) is 0 Å². The van der Waals surface area contributed by atoms with Crippen LogP contribution in [0.1, 0.15) is 81.6 Å². The number of hydrogen-bond acceptors (Lipinski definition) is 3. The van der Waals surface area contributed by atoms with Gasteiger partial charge < -0.3 is 19.5 Å². The molecule has 6 nitrogen and oxygen atoms in total. The molecular formula is C26H35N3O3. The lowest BCUT2D eigenvalue weighted by Gasteiger charge is -2.47. The maximum absolute atomic E-state index is 13.9. The Balaban J connectivity index is 1.55. The van der Waals surface area contributed by atoms with Crippen LogP contribution in [-0.2, 0) is 11.3 Å². The highest BCUT2D eigenvalue weighted by molar-refractivity contribution is 6.04. The molecule has 2 aliphatic carbocycles. The highest BCUT2D eigenvalue weighted by Crippen LogP contribution is 2.38. The van der Waals surface area contributed by atoms with Crippen LogP contribution in [0.4, 0.5) is 0 Å². The van der Waals surface area contributed by atoms with E-state index >= 15 is 0 Å². The number of nitrogens with one attached hydrogen (secondary N) is 1. The summed E-state index contributed by atoms with van der Waals surface area (Å²) in [5.41, 5.74) is 0.729. The van der Waals surface area contributed by atoms with E-state index in [1.807, 2.05) is 40.7 Å². The number of benzene rings is 1. The largest absolute Gasteiger partial charge is 0.497 e. The molecule has 0 unspecified atom stereocenters. The number of hydrogen-bond donors (Lipinski definition) is 1. The molecule has 2 fully saturated rings. The third kappa shape index (κ3) is 3.57. The predicted molar refractivity (Wildman–Crippen MR) is 125 cm³/mol. The Morgan fingerprint density at radius 2 is 1.72 bits per heavy atom. The van der Waals surface area contributed by atoms with Crippen LogP contribution in [0.2, 0.25) is 0 Å². The maximum Gasteiger partial charge on any atom is 0.271 e. The molecule has 2 saturated carbocycles. The number of aromatic nitrogens is 1. The van der Waals surface area contributed by atoms with E-state index in [1.165, 1.54) is 25.7 Å². The van der Waals surface area contributed by atoms with Gasteiger partial charge in [-0.15, -0.1) is 0 Å². The van der Waals surface area contributed by atoms with Gasteiger partial charge in [0.25, 0.3) is 5.91 Å². The normalized spacial score (nSPS) is 25.1. The molecule has 32 heavy (non-hydrogen) atoms. The topological polar surface area (TPSA) is 63.6 Å². The van der Waals surface area contributed by atoms with Gasteiger partial charge in [-0.1, -0.05) is 38.5 Å². The molecule has 6 heteroatoms. The van der Waals surface area contributed by atoms with Gasteiger partial charge >= 0.3 is 0 Å². The van der Waals surface area contributed by atoms with Crippen molar-refractivity contribution < 1.29 is 14.3 Å². The zero-order valence-corrected chi connectivity index (χ0v) is 19.4. The molecule has 3 aliphatic rings. The molecule has 2 aromatic rings. The van der Waals surface area contributed by atoms with Crippen molar-refractivity contribution in [1.82, 2.24) is 14.8 Å². The van der Waals surface area contributed by atoms with Crippen molar-refractivity contribution in [3.8, 4) is 5.75 Å².